The van der Waals surface area contributed by atoms with E-state index in [9.17, 15) is 5.11 Å². The Morgan fingerprint density at radius 1 is 1.28 bits per heavy atom. The van der Waals surface area contributed by atoms with Crippen molar-refractivity contribution in [2.24, 2.45) is 5.92 Å². The van der Waals surface area contributed by atoms with Crippen molar-refractivity contribution in [3.05, 3.63) is 29.8 Å². The van der Waals surface area contributed by atoms with E-state index in [0.29, 0.717) is 12.5 Å². The molecule has 1 aromatic carbocycles. The van der Waals surface area contributed by atoms with Gasteiger partial charge in [0.05, 0.1) is 12.7 Å². The standard InChI is InChI=1S/C16H24O2/c1-2-13-7-5-6-10-16(13)18-12-11-15(17)14-8-3-4-9-14/h5-7,10,14-15,17H,2-4,8-9,11-12H2,1H3. The Kier molecular flexibility index (Phi) is 5.06. The first-order valence-corrected chi connectivity index (χ1v) is 7.20. The van der Waals surface area contributed by atoms with Crippen LogP contribution in [-0.2, 0) is 6.42 Å². The zero-order valence-corrected chi connectivity index (χ0v) is 11.3. The maximum atomic E-state index is 10.1. The Labute approximate surface area is 110 Å². The van der Waals surface area contributed by atoms with Gasteiger partial charge in [-0.3, -0.25) is 0 Å². The molecule has 2 heteroatoms. The van der Waals surface area contributed by atoms with Gasteiger partial charge in [0.25, 0.3) is 0 Å². The van der Waals surface area contributed by atoms with E-state index in [1.165, 1.54) is 31.2 Å². The van der Waals surface area contributed by atoms with Gasteiger partial charge in [0.1, 0.15) is 5.75 Å². The van der Waals surface area contributed by atoms with E-state index in [1.807, 2.05) is 18.2 Å². The molecule has 18 heavy (non-hydrogen) atoms. The Bertz CT molecular complexity index is 356. The highest BCUT2D eigenvalue weighted by atomic mass is 16.5. The molecule has 1 aliphatic carbocycles. The molecule has 1 unspecified atom stereocenters. The summed E-state index contributed by atoms with van der Waals surface area (Å²) < 4.78 is 5.80. The maximum absolute atomic E-state index is 10.1. The van der Waals surface area contributed by atoms with Crippen LogP contribution >= 0.6 is 0 Å². The molecule has 0 spiro atoms. The second-order valence-corrected chi connectivity index (χ2v) is 5.21. The Morgan fingerprint density at radius 2 is 2.00 bits per heavy atom. The minimum absolute atomic E-state index is 0.179. The molecule has 1 atom stereocenters. The number of rotatable bonds is 6. The highest BCUT2D eigenvalue weighted by molar-refractivity contribution is 5.33. The van der Waals surface area contributed by atoms with Crippen molar-refractivity contribution in [3.8, 4) is 5.75 Å². The second kappa shape index (κ2) is 6.79. The molecule has 1 fully saturated rings. The summed E-state index contributed by atoms with van der Waals surface area (Å²) in [5.74, 6) is 1.48. The third-order valence-electron chi connectivity index (χ3n) is 3.97. The van der Waals surface area contributed by atoms with E-state index in [4.69, 9.17) is 4.74 Å². The molecule has 0 radical (unpaired) electrons. The topological polar surface area (TPSA) is 29.5 Å². The predicted octanol–water partition coefficient (Wildman–Crippen LogP) is 3.57. The van der Waals surface area contributed by atoms with Gasteiger partial charge in [-0.15, -0.1) is 0 Å². The van der Waals surface area contributed by atoms with Crippen molar-refractivity contribution < 1.29 is 9.84 Å². The molecule has 0 amide bonds. The van der Waals surface area contributed by atoms with Crippen LogP contribution in [0.1, 0.15) is 44.6 Å². The number of ether oxygens (including phenoxy) is 1. The van der Waals surface area contributed by atoms with E-state index in [-0.39, 0.29) is 6.10 Å². The number of aryl methyl sites for hydroxylation is 1. The van der Waals surface area contributed by atoms with Gasteiger partial charge in [0.15, 0.2) is 0 Å². The summed E-state index contributed by atoms with van der Waals surface area (Å²) in [4.78, 5) is 0. The highest BCUT2D eigenvalue weighted by Crippen LogP contribution is 2.29. The van der Waals surface area contributed by atoms with Crippen molar-refractivity contribution in [2.75, 3.05) is 6.61 Å². The molecule has 2 nitrogen and oxygen atoms in total. The van der Waals surface area contributed by atoms with Gasteiger partial charge in [-0.05, 0) is 36.8 Å². The minimum atomic E-state index is -0.179. The zero-order chi connectivity index (χ0) is 12.8. The second-order valence-electron chi connectivity index (χ2n) is 5.21. The predicted molar refractivity (Wildman–Crippen MR) is 73.9 cm³/mol. The van der Waals surface area contributed by atoms with Crippen molar-refractivity contribution in [3.63, 3.8) is 0 Å². The fourth-order valence-corrected chi connectivity index (χ4v) is 2.80. The van der Waals surface area contributed by atoms with Gasteiger partial charge in [-0.2, -0.15) is 0 Å². The summed E-state index contributed by atoms with van der Waals surface area (Å²) >= 11 is 0. The van der Waals surface area contributed by atoms with Crippen LogP contribution in [0, 0.1) is 5.92 Å². The molecule has 1 saturated carbocycles. The Morgan fingerprint density at radius 3 is 2.72 bits per heavy atom. The SMILES string of the molecule is CCc1ccccc1OCCC(O)C1CCCC1. The average Bonchev–Trinajstić information content (AvgIpc) is 2.93. The van der Waals surface area contributed by atoms with Gasteiger partial charge in [-0.1, -0.05) is 38.0 Å². The molecular formula is C16H24O2. The Hall–Kier alpha value is -1.02. The Balaban J connectivity index is 1.77. The van der Waals surface area contributed by atoms with Crippen LogP contribution in [0.3, 0.4) is 0 Å². The zero-order valence-electron chi connectivity index (χ0n) is 11.3. The molecule has 1 N–H and O–H groups in total. The van der Waals surface area contributed by atoms with Gasteiger partial charge in [0, 0.05) is 6.42 Å². The fraction of sp³-hybridized carbons (Fsp3) is 0.625. The number of aliphatic hydroxyl groups excluding tert-OH is 1. The number of hydrogen-bond donors (Lipinski definition) is 1. The monoisotopic (exact) mass is 248 g/mol. The van der Waals surface area contributed by atoms with E-state index in [0.717, 1.165) is 18.6 Å². The first-order valence-electron chi connectivity index (χ1n) is 7.20. The molecule has 0 bridgehead atoms. The fourth-order valence-electron chi connectivity index (χ4n) is 2.80. The van der Waals surface area contributed by atoms with Crippen LogP contribution in [0.2, 0.25) is 0 Å². The van der Waals surface area contributed by atoms with E-state index in [1.54, 1.807) is 0 Å². The molecular weight excluding hydrogens is 224 g/mol. The normalized spacial score (nSPS) is 17.9. The average molecular weight is 248 g/mol. The summed E-state index contributed by atoms with van der Waals surface area (Å²) in [6.07, 6.45) is 6.49. The van der Waals surface area contributed by atoms with E-state index in [2.05, 4.69) is 13.0 Å². The van der Waals surface area contributed by atoms with Gasteiger partial charge < -0.3 is 9.84 Å². The lowest BCUT2D eigenvalue weighted by molar-refractivity contribution is 0.0852. The van der Waals surface area contributed by atoms with Crippen molar-refractivity contribution in [2.45, 2.75) is 51.6 Å². The number of benzene rings is 1. The third kappa shape index (κ3) is 3.49. The summed E-state index contributed by atoms with van der Waals surface area (Å²) in [6, 6.07) is 8.16. The summed E-state index contributed by atoms with van der Waals surface area (Å²) in [7, 11) is 0. The van der Waals surface area contributed by atoms with Crippen LogP contribution < -0.4 is 4.74 Å². The lowest BCUT2D eigenvalue weighted by atomic mass is 9.99. The summed E-state index contributed by atoms with van der Waals surface area (Å²) in [5, 5.41) is 10.1. The molecule has 1 aliphatic rings. The minimum Gasteiger partial charge on any atom is -0.493 e. The van der Waals surface area contributed by atoms with Gasteiger partial charge >= 0.3 is 0 Å². The van der Waals surface area contributed by atoms with E-state index >= 15 is 0 Å². The van der Waals surface area contributed by atoms with Crippen LogP contribution in [0.4, 0.5) is 0 Å². The van der Waals surface area contributed by atoms with Gasteiger partial charge in [0.2, 0.25) is 0 Å². The number of aliphatic hydroxyl groups is 1. The highest BCUT2D eigenvalue weighted by Gasteiger charge is 2.22. The first-order chi connectivity index (χ1) is 8.81. The molecule has 0 aliphatic heterocycles. The smallest absolute Gasteiger partial charge is 0.122 e. The number of para-hydroxylation sites is 1. The number of hydrogen-bond acceptors (Lipinski definition) is 2. The van der Waals surface area contributed by atoms with Crippen LogP contribution in [0.5, 0.6) is 5.75 Å². The van der Waals surface area contributed by atoms with Gasteiger partial charge in [-0.25, -0.2) is 0 Å². The van der Waals surface area contributed by atoms with Crippen molar-refractivity contribution >= 4 is 0 Å². The summed E-state index contributed by atoms with van der Waals surface area (Å²) in [5.41, 5.74) is 1.24. The molecule has 2 rings (SSSR count). The molecule has 0 heterocycles. The first kappa shape index (κ1) is 13.4. The molecule has 0 saturated heterocycles. The quantitative estimate of drug-likeness (QED) is 0.834. The van der Waals surface area contributed by atoms with Crippen LogP contribution in [-0.4, -0.2) is 17.8 Å². The molecule has 0 aromatic heterocycles. The van der Waals surface area contributed by atoms with Crippen molar-refractivity contribution in [1.82, 2.24) is 0 Å². The summed E-state index contributed by atoms with van der Waals surface area (Å²) in [6.45, 7) is 2.75. The van der Waals surface area contributed by atoms with Crippen LogP contribution in [0.25, 0.3) is 0 Å². The lowest BCUT2D eigenvalue weighted by Crippen LogP contribution is -2.20. The molecule has 1 aromatic rings. The largest absolute Gasteiger partial charge is 0.493 e. The van der Waals surface area contributed by atoms with Crippen molar-refractivity contribution in [1.29, 1.82) is 0 Å². The molecule has 100 valence electrons. The lowest BCUT2D eigenvalue weighted by Gasteiger charge is -2.18. The van der Waals surface area contributed by atoms with Crippen LogP contribution in [0.15, 0.2) is 24.3 Å². The third-order valence-corrected chi connectivity index (χ3v) is 3.97. The van der Waals surface area contributed by atoms with E-state index < -0.39 is 0 Å². The maximum Gasteiger partial charge on any atom is 0.122 e.